The van der Waals surface area contributed by atoms with Crippen molar-refractivity contribution < 1.29 is 9.59 Å². The van der Waals surface area contributed by atoms with Crippen LogP contribution in [0.1, 0.15) is 54.1 Å². The maximum absolute atomic E-state index is 12.2. The monoisotopic (exact) mass is 387 g/mol. The molecular weight excluding hydrogens is 362 g/mol. The molecule has 0 aliphatic heterocycles. The molecule has 1 atom stereocenters. The van der Waals surface area contributed by atoms with E-state index < -0.39 is 0 Å². The molecule has 2 aromatic carbocycles. The molecule has 1 fully saturated rings. The van der Waals surface area contributed by atoms with E-state index in [2.05, 4.69) is 10.6 Å². The van der Waals surface area contributed by atoms with Crippen molar-refractivity contribution in [1.82, 2.24) is 5.32 Å². The fraction of sp³-hybridized carbons (Fsp3) is 0.333. The molecule has 0 aromatic heterocycles. The van der Waals surface area contributed by atoms with Gasteiger partial charge in [-0.3, -0.25) is 9.59 Å². The Morgan fingerprint density at radius 1 is 1.00 bits per heavy atom. The van der Waals surface area contributed by atoms with Crippen LogP contribution < -0.4 is 16.4 Å². The molecule has 1 unspecified atom stereocenters. The summed E-state index contributed by atoms with van der Waals surface area (Å²) in [6.45, 7) is 0. The molecule has 0 spiro atoms. The zero-order chi connectivity index (χ0) is 18.4. The normalized spacial score (nSPS) is 14.9. The Bertz CT molecular complexity index is 744. The highest BCUT2D eigenvalue weighted by atomic mass is 35.5. The number of hydrogen-bond acceptors (Lipinski definition) is 3. The summed E-state index contributed by atoms with van der Waals surface area (Å²) in [5.74, 6) is -0.203. The second-order valence-corrected chi connectivity index (χ2v) is 6.80. The fourth-order valence-electron chi connectivity index (χ4n) is 3.27. The molecule has 1 aliphatic rings. The average Bonchev–Trinajstić information content (AvgIpc) is 3.16. The Balaban J connectivity index is 0.00000261. The average molecular weight is 388 g/mol. The molecule has 0 saturated heterocycles. The maximum atomic E-state index is 12.2. The topological polar surface area (TPSA) is 84.2 Å². The predicted octanol–water partition coefficient (Wildman–Crippen LogP) is 3.81. The van der Waals surface area contributed by atoms with Crippen molar-refractivity contribution in [2.75, 3.05) is 5.32 Å². The van der Waals surface area contributed by atoms with Crippen LogP contribution in [0, 0.1) is 0 Å². The van der Waals surface area contributed by atoms with E-state index in [0.29, 0.717) is 17.3 Å². The molecule has 2 aromatic rings. The van der Waals surface area contributed by atoms with Crippen LogP contribution in [-0.4, -0.2) is 17.9 Å². The minimum absolute atomic E-state index is 0. The van der Waals surface area contributed by atoms with E-state index in [-0.39, 0.29) is 36.7 Å². The third-order valence-electron chi connectivity index (χ3n) is 4.75. The summed E-state index contributed by atoms with van der Waals surface area (Å²) in [5.41, 5.74) is 8.28. The number of hydrogen-bond donors (Lipinski definition) is 3. The molecular formula is C21H26ClN3O2. The fourth-order valence-corrected chi connectivity index (χ4v) is 3.27. The summed E-state index contributed by atoms with van der Waals surface area (Å²) in [6, 6.07) is 16.5. The summed E-state index contributed by atoms with van der Waals surface area (Å²) in [6.07, 6.45) is 4.68. The van der Waals surface area contributed by atoms with Gasteiger partial charge in [0.2, 0.25) is 5.91 Å². The van der Waals surface area contributed by atoms with Crippen molar-refractivity contribution in [2.24, 2.45) is 5.73 Å². The van der Waals surface area contributed by atoms with Gasteiger partial charge >= 0.3 is 0 Å². The zero-order valence-corrected chi connectivity index (χ0v) is 16.0. The van der Waals surface area contributed by atoms with Crippen LogP contribution in [0.5, 0.6) is 0 Å². The minimum atomic E-state index is -0.340. The quantitative estimate of drug-likeness (QED) is 0.704. The van der Waals surface area contributed by atoms with E-state index in [1.54, 1.807) is 24.3 Å². The molecule has 3 rings (SSSR count). The van der Waals surface area contributed by atoms with Gasteiger partial charge in [0.05, 0.1) is 0 Å². The van der Waals surface area contributed by atoms with Crippen LogP contribution in [0.25, 0.3) is 0 Å². The Morgan fingerprint density at radius 3 is 2.26 bits per heavy atom. The number of rotatable bonds is 6. The second kappa shape index (κ2) is 10.1. The highest BCUT2D eigenvalue weighted by molar-refractivity contribution is 5.96. The Kier molecular flexibility index (Phi) is 7.82. The van der Waals surface area contributed by atoms with Crippen LogP contribution in [0.2, 0.25) is 0 Å². The molecule has 1 saturated carbocycles. The van der Waals surface area contributed by atoms with Gasteiger partial charge in [-0.1, -0.05) is 43.2 Å². The third-order valence-corrected chi connectivity index (χ3v) is 4.75. The van der Waals surface area contributed by atoms with Gasteiger partial charge in [-0.05, 0) is 42.7 Å². The number of carbonyl (C=O) groups excluding carboxylic acids is 2. The summed E-state index contributed by atoms with van der Waals surface area (Å²) >= 11 is 0. The molecule has 1 aliphatic carbocycles. The van der Waals surface area contributed by atoms with Gasteiger partial charge in [-0.2, -0.15) is 0 Å². The van der Waals surface area contributed by atoms with Crippen LogP contribution in [0.15, 0.2) is 54.6 Å². The van der Waals surface area contributed by atoms with E-state index in [0.717, 1.165) is 18.4 Å². The van der Waals surface area contributed by atoms with Gasteiger partial charge in [-0.25, -0.2) is 0 Å². The smallest absolute Gasteiger partial charge is 0.251 e. The molecule has 0 radical (unpaired) electrons. The van der Waals surface area contributed by atoms with Gasteiger partial charge in [0.25, 0.3) is 5.91 Å². The molecule has 144 valence electrons. The summed E-state index contributed by atoms with van der Waals surface area (Å²) in [7, 11) is 0. The first-order valence-electron chi connectivity index (χ1n) is 9.13. The highest BCUT2D eigenvalue weighted by Gasteiger charge is 2.18. The number of nitrogens with two attached hydrogens (primary N) is 1. The molecule has 4 N–H and O–H groups in total. The van der Waals surface area contributed by atoms with E-state index in [4.69, 9.17) is 5.73 Å². The third kappa shape index (κ3) is 6.08. The SMILES string of the molecule is Cl.NC(CC(=O)Nc1ccc(C(=O)NC2CCCC2)cc1)c1ccccc1. The van der Waals surface area contributed by atoms with Crippen LogP contribution in [0.3, 0.4) is 0 Å². The van der Waals surface area contributed by atoms with Crippen LogP contribution in [-0.2, 0) is 4.79 Å². The van der Waals surface area contributed by atoms with Gasteiger partial charge in [0.1, 0.15) is 0 Å². The van der Waals surface area contributed by atoms with Gasteiger partial charge in [0, 0.05) is 29.8 Å². The minimum Gasteiger partial charge on any atom is -0.349 e. The number of benzene rings is 2. The standard InChI is InChI=1S/C21H25N3O2.ClH/c22-19(15-6-2-1-3-7-15)14-20(25)23-18-12-10-16(11-13-18)21(26)24-17-8-4-5-9-17;/h1-3,6-7,10-13,17,19H,4-5,8-9,14,22H2,(H,23,25)(H,24,26);1H. The lowest BCUT2D eigenvalue weighted by molar-refractivity contribution is -0.116. The predicted molar refractivity (Wildman–Crippen MR) is 110 cm³/mol. The summed E-state index contributed by atoms with van der Waals surface area (Å²) < 4.78 is 0. The van der Waals surface area contributed by atoms with E-state index in [1.807, 2.05) is 30.3 Å². The molecule has 6 heteroatoms. The largest absolute Gasteiger partial charge is 0.349 e. The first-order valence-corrected chi connectivity index (χ1v) is 9.13. The number of halogens is 1. The van der Waals surface area contributed by atoms with Crippen LogP contribution in [0.4, 0.5) is 5.69 Å². The first kappa shape index (κ1) is 20.9. The van der Waals surface area contributed by atoms with E-state index in [9.17, 15) is 9.59 Å². The lowest BCUT2D eigenvalue weighted by atomic mass is 10.0. The van der Waals surface area contributed by atoms with Crippen molar-refractivity contribution in [3.8, 4) is 0 Å². The van der Waals surface area contributed by atoms with Crippen molar-refractivity contribution in [2.45, 2.75) is 44.2 Å². The van der Waals surface area contributed by atoms with Crippen molar-refractivity contribution in [3.63, 3.8) is 0 Å². The number of nitrogens with one attached hydrogen (secondary N) is 2. The summed E-state index contributed by atoms with van der Waals surface area (Å²) in [4.78, 5) is 24.4. The molecule has 0 bridgehead atoms. The van der Waals surface area contributed by atoms with E-state index in [1.165, 1.54) is 12.8 Å². The first-order chi connectivity index (χ1) is 12.6. The molecule has 5 nitrogen and oxygen atoms in total. The summed E-state index contributed by atoms with van der Waals surface area (Å²) in [5, 5.41) is 5.89. The Labute approximate surface area is 166 Å². The number of amides is 2. The molecule has 2 amide bonds. The number of carbonyl (C=O) groups is 2. The van der Waals surface area contributed by atoms with Gasteiger partial charge in [0.15, 0.2) is 0 Å². The van der Waals surface area contributed by atoms with Crippen LogP contribution >= 0.6 is 12.4 Å². The molecule has 0 heterocycles. The lowest BCUT2D eigenvalue weighted by Crippen LogP contribution is -2.32. The van der Waals surface area contributed by atoms with E-state index >= 15 is 0 Å². The lowest BCUT2D eigenvalue weighted by Gasteiger charge is -2.13. The van der Waals surface area contributed by atoms with Crippen molar-refractivity contribution in [3.05, 3.63) is 65.7 Å². The van der Waals surface area contributed by atoms with Gasteiger partial charge < -0.3 is 16.4 Å². The molecule has 27 heavy (non-hydrogen) atoms. The van der Waals surface area contributed by atoms with Gasteiger partial charge in [-0.15, -0.1) is 12.4 Å². The van der Waals surface area contributed by atoms with Crippen molar-refractivity contribution >= 4 is 29.9 Å². The second-order valence-electron chi connectivity index (χ2n) is 6.80. The number of anilines is 1. The maximum Gasteiger partial charge on any atom is 0.251 e. The highest BCUT2D eigenvalue weighted by Crippen LogP contribution is 2.19. The van der Waals surface area contributed by atoms with Crippen molar-refractivity contribution in [1.29, 1.82) is 0 Å². The zero-order valence-electron chi connectivity index (χ0n) is 15.2. The Hall–Kier alpha value is -2.37. The Morgan fingerprint density at radius 2 is 1.63 bits per heavy atom.